The van der Waals surface area contributed by atoms with Crippen LogP contribution in [0.15, 0.2) is 18.3 Å². The first kappa shape index (κ1) is 11.8. The van der Waals surface area contributed by atoms with Crippen molar-refractivity contribution in [3.63, 3.8) is 0 Å². The third kappa shape index (κ3) is 2.54. The number of hydrogen-bond acceptors (Lipinski definition) is 4. The molecule has 5 heteroatoms. The SMILES string of the molecule is CC1(C)CCN(c2ncccc2[N+](=O)[O-])CC1. The third-order valence-corrected chi connectivity index (χ3v) is 3.38. The van der Waals surface area contributed by atoms with E-state index in [9.17, 15) is 10.1 Å². The topological polar surface area (TPSA) is 59.3 Å². The molecule has 5 nitrogen and oxygen atoms in total. The molecule has 0 aliphatic carbocycles. The van der Waals surface area contributed by atoms with Gasteiger partial charge in [-0.15, -0.1) is 0 Å². The first-order chi connectivity index (χ1) is 7.99. The van der Waals surface area contributed by atoms with E-state index in [2.05, 4.69) is 18.8 Å². The van der Waals surface area contributed by atoms with Crippen molar-refractivity contribution in [2.75, 3.05) is 18.0 Å². The maximum Gasteiger partial charge on any atom is 0.311 e. The summed E-state index contributed by atoms with van der Waals surface area (Å²) in [5.74, 6) is 0.507. The highest BCUT2D eigenvalue weighted by molar-refractivity contribution is 5.57. The predicted octanol–water partition coefficient (Wildman–Crippen LogP) is 2.62. The quantitative estimate of drug-likeness (QED) is 0.584. The normalized spacial score (nSPS) is 19.1. The van der Waals surface area contributed by atoms with Crippen molar-refractivity contribution >= 4 is 11.5 Å². The summed E-state index contributed by atoms with van der Waals surface area (Å²) in [5.41, 5.74) is 0.437. The summed E-state index contributed by atoms with van der Waals surface area (Å²) in [6, 6.07) is 3.12. The van der Waals surface area contributed by atoms with Crippen LogP contribution in [0.4, 0.5) is 11.5 Å². The minimum atomic E-state index is -0.359. The molecule has 1 fully saturated rings. The van der Waals surface area contributed by atoms with Gasteiger partial charge < -0.3 is 4.90 Å². The molecule has 1 aromatic heterocycles. The van der Waals surface area contributed by atoms with E-state index in [-0.39, 0.29) is 10.6 Å². The summed E-state index contributed by atoms with van der Waals surface area (Å²) in [6.07, 6.45) is 3.70. The predicted molar refractivity (Wildman–Crippen MR) is 66.1 cm³/mol. The number of aromatic nitrogens is 1. The minimum absolute atomic E-state index is 0.104. The van der Waals surface area contributed by atoms with Crippen LogP contribution in [0.1, 0.15) is 26.7 Å². The molecule has 1 saturated heterocycles. The lowest BCUT2D eigenvalue weighted by molar-refractivity contribution is -0.384. The van der Waals surface area contributed by atoms with E-state index in [4.69, 9.17) is 0 Å². The van der Waals surface area contributed by atoms with Gasteiger partial charge in [-0.1, -0.05) is 13.8 Å². The van der Waals surface area contributed by atoms with Crippen molar-refractivity contribution in [1.82, 2.24) is 4.98 Å². The van der Waals surface area contributed by atoms with E-state index in [1.165, 1.54) is 6.07 Å². The summed E-state index contributed by atoms with van der Waals surface area (Å²) >= 11 is 0. The highest BCUT2D eigenvalue weighted by Crippen LogP contribution is 2.34. The summed E-state index contributed by atoms with van der Waals surface area (Å²) in [6.45, 7) is 6.14. The highest BCUT2D eigenvalue weighted by Gasteiger charge is 2.29. The van der Waals surface area contributed by atoms with Crippen molar-refractivity contribution in [1.29, 1.82) is 0 Å². The summed E-state index contributed by atoms with van der Waals surface area (Å²) in [5, 5.41) is 10.9. The molecule has 92 valence electrons. The van der Waals surface area contributed by atoms with E-state index in [1.54, 1.807) is 12.3 Å². The van der Waals surface area contributed by atoms with Gasteiger partial charge in [0.15, 0.2) is 0 Å². The number of piperidine rings is 1. The molecule has 0 unspecified atom stereocenters. The average Bonchev–Trinajstić information content (AvgIpc) is 2.29. The molecule has 1 aromatic rings. The number of anilines is 1. The second-order valence-electron chi connectivity index (χ2n) is 5.25. The van der Waals surface area contributed by atoms with Gasteiger partial charge in [0.25, 0.3) is 0 Å². The molecule has 17 heavy (non-hydrogen) atoms. The standard InChI is InChI=1S/C12H17N3O2/c1-12(2)5-8-14(9-6-12)11-10(15(16)17)4-3-7-13-11/h3-4,7H,5-6,8-9H2,1-2H3. The Balaban J connectivity index is 2.21. The number of nitro groups is 1. The van der Waals surface area contributed by atoms with Crippen molar-refractivity contribution < 1.29 is 4.92 Å². The second-order valence-corrected chi connectivity index (χ2v) is 5.25. The van der Waals surface area contributed by atoms with Gasteiger partial charge in [0.1, 0.15) is 0 Å². The van der Waals surface area contributed by atoms with Crippen LogP contribution in [0.3, 0.4) is 0 Å². The fraction of sp³-hybridized carbons (Fsp3) is 0.583. The van der Waals surface area contributed by atoms with E-state index >= 15 is 0 Å². The second kappa shape index (κ2) is 4.31. The van der Waals surface area contributed by atoms with E-state index in [0.29, 0.717) is 11.2 Å². The molecule has 0 saturated carbocycles. The Morgan fingerprint density at radius 3 is 2.65 bits per heavy atom. The lowest BCUT2D eigenvalue weighted by Crippen LogP contribution is -2.38. The fourth-order valence-electron chi connectivity index (χ4n) is 2.10. The van der Waals surface area contributed by atoms with Gasteiger partial charge in [-0.2, -0.15) is 0 Å². The van der Waals surface area contributed by atoms with Crippen LogP contribution in [0.5, 0.6) is 0 Å². The maximum absolute atomic E-state index is 10.9. The molecule has 0 aromatic carbocycles. The van der Waals surface area contributed by atoms with Gasteiger partial charge in [-0.25, -0.2) is 4.98 Å². The Morgan fingerprint density at radius 2 is 2.06 bits per heavy atom. The molecule has 0 amide bonds. The molecule has 0 spiro atoms. The highest BCUT2D eigenvalue weighted by atomic mass is 16.6. The average molecular weight is 235 g/mol. The third-order valence-electron chi connectivity index (χ3n) is 3.38. The van der Waals surface area contributed by atoms with Gasteiger partial charge in [-0.05, 0) is 24.3 Å². The zero-order valence-electron chi connectivity index (χ0n) is 10.2. The van der Waals surface area contributed by atoms with Crippen LogP contribution < -0.4 is 4.90 Å². The van der Waals surface area contributed by atoms with Gasteiger partial charge in [0.05, 0.1) is 4.92 Å². The van der Waals surface area contributed by atoms with E-state index in [0.717, 1.165) is 25.9 Å². The zero-order valence-corrected chi connectivity index (χ0v) is 10.2. The van der Waals surface area contributed by atoms with Crippen LogP contribution >= 0.6 is 0 Å². The number of pyridine rings is 1. The van der Waals surface area contributed by atoms with Gasteiger partial charge in [0.2, 0.25) is 5.82 Å². The number of nitrogens with zero attached hydrogens (tertiary/aromatic N) is 3. The Hall–Kier alpha value is -1.65. The molecular weight excluding hydrogens is 218 g/mol. The van der Waals surface area contributed by atoms with Gasteiger partial charge in [0, 0.05) is 25.4 Å². The Labute approximate surface area is 101 Å². The van der Waals surface area contributed by atoms with Crippen LogP contribution in [-0.4, -0.2) is 23.0 Å². The lowest BCUT2D eigenvalue weighted by Gasteiger charge is -2.37. The molecule has 2 heterocycles. The summed E-state index contributed by atoms with van der Waals surface area (Å²) < 4.78 is 0. The Bertz CT molecular complexity index is 422. The first-order valence-corrected chi connectivity index (χ1v) is 5.84. The Kier molecular flexibility index (Phi) is 3.00. The minimum Gasteiger partial charge on any atom is -0.351 e. The van der Waals surface area contributed by atoms with Crippen LogP contribution in [0.25, 0.3) is 0 Å². The zero-order chi connectivity index (χ0) is 12.5. The largest absolute Gasteiger partial charge is 0.351 e. The smallest absolute Gasteiger partial charge is 0.311 e. The fourth-order valence-corrected chi connectivity index (χ4v) is 2.10. The van der Waals surface area contributed by atoms with Crippen molar-refractivity contribution in [2.24, 2.45) is 5.41 Å². The molecular formula is C12H17N3O2. The van der Waals surface area contributed by atoms with Gasteiger partial charge in [-0.3, -0.25) is 10.1 Å². The Morgan fingerprint density at radius 1 is 1.41 bits per heavy atom. The number of hydrogen-bond donors (Lipinski definition) is 0. The van der Waals surface area contributed by atoms with Crippen LogP contribution in [0, 0.1) is 15.5 Å². The van der Waals surface area contributed by atoms with Crippen molar-refractivity contribution in [3.8, 4) is 0 Å². The number of rotatable bonds is 2. The van der Waals surface area contributed by atoms with Crippen LogP contribution in [0.2, 0.25) is 0 Å². The maximum atomic E-state index is 10.9. The first-order valence-electron chi connectivity index (χ1n) is 5.84. The monoisotopic (exact) mass is 235 g/mol. The molecule has 0 atom stereocenters. The summed E-state index contributed by atoms with van der Waals surface area (Å²) in [4.78, 5) is 16.7. The molecule has 2 rings (SSSR count). The molecule has 0 bridgehead atoms. The molecule has 1 aliphatic heterocycles. The van der Waals surface area contributed by atoms with Crippen molar-refractivity contribution in [2.45, 2.75) is 26.7 Å². The van der Waals surface area contributed by atoms with Crippen LogP contribution in [-0.2, 0) is 0 Å². The molecule has 0 N–H and O–H groups in total. The van der Waals surface area contributed by atoms with E-state index < -0.39 is 0 Å². The van der Waals surface area contributed by atoms with Crippen molar-refractivity contribution in [3.05, 3.63) is 28.4 Å². The molecule has 1 aliphatic rings. The van der Waals surface area contributed by atoms with E-state index in [1.807, 2.05) is 4.90 Å². The molecule has 0 radical (unpaired) electrons. The van der Waals surface area contributed by atoms with Gasteiger partial charge >= 0.3 is 5.69 Å². The lowest BCUT2D eigenvalue weighted by atomic mass is 9.83. The summed E-state index contributed by atoms with van der Waals surface area (Å²) in [7, 11) is 0.